The minimum atomic E-state index is 0.829. The second kappa shape index (κ2) is 14.1. The lowest BCUT2D eigenvalue weighted by Crippen LogP contribution is -2.21. The van der Waals surface area contributed by atoms with Gasteiger partial charge in [0.15, 0.2) is 0 Å². The van der Waals surface area contributed by atoms with Gasteiger partial charge in [-0.25, -0.2) is 0 Å². The van der Waals surface area contributed by atoms with Crippen molar-refractivity contribution in [3.63, 3.8) is 0 Å². The Labute approximate surface area is 187 Å². The van der Waals surface area contributed by atoms with Crippen LogP contribution in [0, 0.1) is 11.8 Å². The molecule has 2 nitrogen and oxygen atoms in total. The minimum absolute atomic E-state index is 0.829. The zero-order valence-electron chi connectivity index (χ0n) is 20.7. The Kier molecular flexibility index (Phi) is 12.3. The van der Waals surface area contributed by atoms with Crippen molar-refractivity contribution in [2.75, 3.05) is 4.90 Å². The molecule has 0 saturated heterocycles. The maximum absolute atomic E-state index is 4.10. The highest BCUT2D eigenvalue weighted by atomic mass is 15.2. The summed E-state index contributed by atoms with van der Waals surface area (Å²) in [6, 6.07) is 11.3. The summed E-state index contributed by atoms with van der Waals surface area (Å²) in [5, 5.41) is 0. The van der Waals surface area contributed by atoms with E-state index in [0.717, 1.165) is 24.8 Å². The quantitative estimate of drug-likeness (QED) is 0.447. The molecule has 30 heavy (non-hydrogen) atoms. The number of hydrogen-bond donors (Lipinski definition) is 0. The van der Waals surface area contributed by atoms with Crippen LogP contribution in [0.2, 0.25) is 0 Å². The van der Waals surface area contributed by atoms with Crippen LogP contribution < -0.4 is 4.90 Å². The summed E-state index contributed by atoms with van der Waals surface area (Å²) >= 11 is 0. The van der Waals surface area contributed by atoms with E-state index < -0.39 is 0 Å². The van der Waals surface area contributed by atoms with Crippen molar-refractivity contribution in [1.82, 2.24) is 4.57 Å². The van der Waals surface area contributed by atoms with E-state index >= 15 is 0 Å². The lowest BCUT2D eigenvalue weighted by Gasteiger charge is -2.28. The zero-order chi connectivity index (χ0) is 22.5. The molecule has 1 aromatic carbocycles. The van der Waals surface area contributed by atoms with Crippen molar-refractivity contribution in [1.29, 1.82) is 0 Å². The Morgan fingerprint density at radius 1 is 1.03 bits per heavy atom. The average Bonchev–Trinajstić information content (AvgIpc) is 3.15. The van der Waals surface area contributed by atoms with Crippen LogP contribution in [0.5, 0.6) is 0 Å². The normalized spacial score (nSPS) is 17.8. The minimum Gasteiger partial charge on any atom is -0.337 e. The molecular weight excluding hydrogens is 364 g/mol. The van der Waals surface area contributed by atoms with Gasteiger partial charge in [0.25, 0.3) is 0 Å². The Balaban J connectivity index is 0.00000106. The van der Waals surface area contributed by atoms with Gasteiger partial charge in [-0.15, -0.1) is 0 Å². The highest BCUT2D eigenvalue weighted by Crippen LogP contribution is 2.34. The molecule has 1 fully saturated rings. The van der Waals surface area contributed by atoms with Crippen molar-refractivity contribution in [2.45, 2.75) is 86.6 Å². The van der Waals surface area contributed by atoms with E-state index in [0.29, 0.717) is 0 Å². The van der Waals surface area contributed by atoms with Gasteiger partial charge in [0.05, 0.1) is 0 Å². The number of nitrogens with zero attached hydrogens (tertiary/aromatic N) is 2. The van der Waals surface area contributed by atoms with Gasteiger partial charge in [0, 0.05) is 19.8 Å². The molecule has 168 valence electrons. The first kappa shape index (κ1) is 26.1. The number of rotatable bonds is 7. The lowest BCUT2D eigenvalue weighted by atomic mass is 9.79. The van der Waals surface area contributed by atoms with E-state index in [1.54, 1.807) is 0 Å². The molecule has 0 aliphatic heterocycles. The molecule has 2 heteroatoms. The largest absolute Gasteiger partial charge is 0.337 e. The number of hydrogen-bond acceptors (Lipinski definition) is 1. The predicted octanol–water partition coefficient (Wildman–Crippen LogP) is 8.16. The number of aromatic nitrogens is 1. The fourth-order valence-corrected chi connectivity index (χ4v) is 4.48. The van der Waals surface area contributed by atoms with Gasteiger partial charge in [0.1, 0.15) is 5.82 Å². The number of anilines is 1. The van der Waals surface area contributed by atoms with Crippen LogP contribution in [-0.4, -0.2) is 4.57 Å². The Morgan fingerprint density at radius 2 is 1.67 bits per heavy atom. The first-order valence-electron chi connectivity index (χ1n) is 12.2. The third-order valence-corrected chi connectivity index (χ3v) is 5.95. The summed E-state index contributed by atoms with van der Waals surface area (Å²) in [6.45, 7) is 17.6. The SMILES string of the molecule is C=CN(Cc1ccc(CC)cc1)c1c(CC2CCCC(C)C2)ccn1C.CC.CC. The molecule has 0 amide bonds. The van der Waals surface area contributed by atoms with Gasteiger partial charge in [-0.3, -0.25) is 0 Å². The van der Waals surface area contributed by atoms with Gasteiger partial charge >= 0.3 is 0 Å². The topological polar surface area (TPSA) is 8.17 Å². The zero-order valence-corrected chi connectivity index (χ0v) is 20.7. The first-order valence-corrected chi connectivity index (χ1v) is 12.2. The van der Waals surface area contributed by atoms with Crippen molar-refractivity contribution in [3.05, 3.63) is 66.0 Å². The van der Waals surface area contributed by atoms with E-state index in [2.05, 4.69) is 73.5 Å². The molecule has 1 saturated carbocycles. The second-order valence-electron chi connectivity index (χ2n) is 8.10. The molecular formula is C28H46N2. The second-order valence-corrected chi connectivity index (χ2v) is 8.10. The van der Waals surface area contributed by atoms with E-state index in [4.69, 9.17) is 0 Å². The Hall–Kier alpha value is -1.96. The van der Waals surface area contributed by atoms with Crippen LogP contribution in [0.3, 0.4) is 0 Å². The molecule has 0 bridgehead atoms. The molecule has 1 aliphatic carbocycles. The fraction of sp³-hybridized carbons (Fsp3) is 0.571. The van der Waals surface area contributed by atoms with Gasteiger partial charge in [-0.05, 0) is 60.1 Å². The van der Waals surface area contributed by atoms with Crippen LogP contribution in [0.4, 0.5) is 5.82 Å². The molecule has 2 atom stereocenters. The molecule has 3 rings (SSSR count). The van der Waals surface area contributed by atoms with Crippen LogP contribution in [0.1, 0.15) is 83.9 Å². The summed E-state index contributed by atoms with van der Waals surface area (Å²) < 4.78 is 2.25. The van der Waals surface area contributed by atoms with Gasteiger partial charge < -0.3 is 9.47 Å². The monoisotopic (exact) mass is 410 g/mol. The maximum atomic E-state index is 4.10. The molecule has 0 radical (unpaired) electrons. The molecule has 1 aromatic heterocycles. The first-order chi connectivity index (χ1) is 14.6. The van der Waals surface area contributed by atoms with E-state index in [-0.39, 0.29) is 0 Å². The number of benzene rings is 1. The highest BCUT2D eigenvalue weighted by molar-refractivity contribution is 5.52. The van der Waals surface area contributed by atoms with E-state index in [9.17, 15) is 0 Å². The molecule has 0 spiro atoms. The van der Waals surface area contributed by atoms with E-state index in [1.165, 1.54) is 54.6 Å². The lowest BCUT2D eigenvalue weighted by molar-refractivity contribution is 0.281. The number of aryl methyl sites for hydroxylation is 2. The molecule has 2 aromatic rings. The average molecular weight is 411 g/mol. The van der Waals surface area contributed by atoms with Crippen LogP contribution in [0.25, 0.3) is 0 Å². The van der Waals surface area contributed by atoms with Crippen molar-refractivity contribution in [2.24, 2.45) is 18.9 Å². The third kappa shape index (κ3) is 7.38. The highest BCUT2D eigenvalue weighted by Gasteiger charge is 2.22. The Bertz CT molecular complexity index is 711. The van der Waals surface area contributed by atoms with Crippen molar-refractivity contribution >= 4 is 5.82 Å². The Morgan fingerprint density at radius 3 is 2.23 bits per heavy atom. The molecule has 1 aliphatic rings. The summed E-state index contributed by atoms with van der Waals surface area (Å²) in [5.41, 5.74) is 4.20. The predicted molar refractivity (Wildman–Crippen MR) is 135 cm³/mol. The molecule has 2 unspecified atom stereocenters. The maximum Gasteiger partial charge on any atom is 0.115 e. The molecule has 0 N–H and O–H groups in total. The fourth-order valence-electron chi connectivity index (χ4n) is 4.48. The summed E-state index contributed by atoms with van der Waals surface area (Å²) in [7, 11) is 2.15. The molecule has 1 heterocycles. The van der Waals surface area contributed by atoms with Crippen LogP contribution in [-0.2, 0) is 26.4 Å². The van der Waals surface area contributed by atoms with Crippen LogP contribution in [0.15, 0.2) is 49.3 Å². The smallest absolute Gasteiger partial charge is 0.115 e. The standard InChI is InChI=1S/C24H34N2.2C2H6/c1-5-20-10-12-21(13-11-20)18-26(6-2)24-23(14-15-25(24)4)17-22-9-7-8-19(3)16-22;2*1-2/h6,10-15,19,22H,2,5,7-9,16-18H2,1,3-4H3;2*1-2H3. The van der Waals surface area contributed by atoms with Gasteiger partial charge in [0.2, 0.25) is 0 Å². The van der Waals surface area contributed by atoms with Gasteiger partial charge in [-0.2, -0.15) is 0 Å². The van der Waals surface area contributed by atoms with Gasteiger partial charge in [-0.1, -0.05) is 91.6 Å². The summed E-state index contributed by atoms with van der Waals surface area (Å²) in [4.78, 5) is 2.31. The van der Waals surface area contributed by atoms with E-state index in [1.807, 2.05) is 33.9 Å². The van der Waals surface area contributed by atoms with Crippen molar-refractivity contribution in [3.8, 4) is 0 Å². The van der Waals surface area contributed by atoms with Crippen LogP contribution >= 0.6 is 0 Å². The van der Waals surface area contributed by atoms with Crippen molar-refractivity contribution < 1.29 is 0 Å². The summed E-state index contributed by atoms with van der Waals surface area (Å²) in [5.74, 6) is 3.02. The summed E-state index contributed by atoms with van der Waals surface area (Å²) in [6.07, 6.45) is 12.0. The third-order valence-electron chi connectivity index (χ3n) is 5.95.